The molecule has 0 aliphatic heterocycles. The fourth-order valence-corrected chi connectivity index (χ4v) is 1.36. The van der Waals surface area contributed by atoms with Gasteiger partial charge in [0.25, 0.3) is 10.2 Å². The third-order valence-corrected chi connectivity index (χ3v) is 2.31. The van der Waals surface area contributed by atoms with Crippen LogP contribution < -0.4 is 9.86 Å². The molecule has 0 aliphatic carbocycles. The molecule has 4 nitrogen and oxygen atoms in total. The zero-order chi connectivity index (χ0) is 12.4. The number of halogens is 3. The summed E-state index contributed by atoms with van der Waals surface area (Å²) < 4.78 is 59.5. The zero-order valence-electron chi connectivity index (χ0n) is 8.95. The van der Waals surface area contributed by atoms with E-state index < -0.39 is 21.9 Å². The Labute approximate surface area is 119 Å². The largest absolute Gasteiger partial charge is 0.416 e. The number of alkyl halides is 3. The second-order valence-electron chi connectivity index (χ2n) is 3.06. The van der Waals surface area contributed by atoms with Crippen LogP contribution in [-0.2, 0) is 22.9 Å². The van der Waals surface area contributed by atoms with Crippen LogP contribution in [-0.4, -0.2) is 38.0 Å². The van der Waals surface area contributed by atoms with Crippen LogP contribution in [0.1, 0.15) is 11.1 Å². The Bertz CT molecular complexity index is 459. The summed E-state index contributed by atoms with van der Waals surface area (Å²) in [5.41, 5.74) is -0.395. The smallest absolute Gasteiger partial charge is 0.216 e. The minimum absolute atomic E-state index is 0. The molecule has 0 unspecified atom stereocenters. The molecule has 0 saturated carbocycles. The van der Waals surface area contributed by atoms with Crippen molar-refractivity contribution in [2.45, 2.75) is 12.7 Å². The Morgan fingerprint density at radius 3 is 2.00 bits per heavy atom. The van der Waals surface area contributed by atoms with E-state index in [0.29, 0.717) is 5.56 Å². The van der Waals surface area contributed by atoms with Crippen molar-refractivity contribution in [2.75, 3.05) is 0 Å². The Balaban J connectivity index is 0.00000256. The molecular formula is C8H9F3N2NaO2S. The van der Waals surface area contributed by atoms with Gasteiger partial charge in [-0.15, -0.1) is 0 Å². The van der Waals surface area contributed by atoms with Gasteiger partial charge in [0.1, 0.15) is 0 Å². The molecule has 91 valence electrons. The first-order valence-corrected chi connectivity index (χ1v) is 5.66. The predicted molar refractivity (Wildman–Crippen MR) is 57.1 cm³/mol. The molecule has 0 aromatic heterocycles. The minimum atomic E-state index is -4.40. The van der Waals surface area contributed by atoms with Gasteiger partial charge in [-0.25, -0.2) is 5.14 Å². The van der Waals surface area contributed by atoms with Gasteiger partial charge in [0, 0.05) is 36.1 Å². The SMILES string of the molecule is NS(=O)(=O)NCc1ccc(C(F)(F)F)cc1.[Na]. The summed E-state index contributed by atoms with van der Waals surface area (Å²) >= 11 is 0. The van der Waals surface area contributed by atoms with Crippen LogP contribution in [0.3, 0.4) is 0 Å². The van der Waals surface area contributed by atoms with Crippen molar-refractivity contribution >= 4 is 39.8 Å². The maximum atomic E-state index is 12.2. The molecule has 17 heavy (non-hydrogen) atoms. The molecule has 0 amide bonds. The van der Waals surface area contributed by atoms with Crippen molar-refractivity contribution in [1.29, 1.82) is 0 Å². The van der Waals surface area contributed by atoms with E-state index in [9.17, 15) is 21.6 Å². The van der Waals surface area contributed by atoms with E-state index >= 15 is 0 Å². The molecule has 0 saturated heterocycles. The first kappa shape index (κ1) is 16.9. The second kappa shape index (κ2) is 6.17. The Hall–Kier alpha value is -0.120. The molecule has 3 N–H and O–H groups in total. The van der Waals surface area contributed by atoms with Gasteiger partial charge in [0.2, 0.25) is 0 Å². The first-order chi connectivity index (χ1) is 7.18. The topological polar surface area (TPSA) is 72.2 Å². The molecule has 0 bridgehead atoms. The van der Waals surface area contributed by atoms with Gasteiger partial charge in [0.15, 0.2) is 0 Å². The summed E-state index contributed by atoms with van der Waals surface area (Å²) in [6, 6.07) is 4.11. The molecule has 1 aromatic rings. The van der Waals surface area contributed by atoms with Crippen molar-refractivity contribution < 1.29 is 21.6 Å². The molecule has 0 spiro atoms. The Morgan fingerprint density at radius 2 is 1.65 bits per heavy atom. The standard InChI is InChI=1S/C8H9F3N2O2S.Na/c9-8(10,11)7-3-1-6(2-4-7)5-13-16(12,14)15;/h1-4,13H,5H2,(H2,12,14,15);. The summed E-state index contributed by atoms with van der Waals surface area (Å²) in [5.74, 6) is 0. The van der Waals surface area contributed by atoms with E-state index in [2.05, 4.69) is 5.14 Å². The Morgan fingerprint density at radius 1 is 1.18 bits per heavy atom. The zero-order valence-corrected chi connectivity index (χ0v) is 11.8. The van der Waals surface area contributed by atoms with Crippen LogP contribution in [0.2, 0.25) is 0 Å². The molecule has 1 rings (SSSR count). The van der Waals surface area contributed by atoms with Gasteiger partial charge in [-0.2, -0.15) is 26.3 Å². The monoisotopic (exact) mass is 277 g/mol. The first-order valence-electron chi connectivity index (χ1n) is 4.12. The average Bonchev–Trinajstić information content (AvgIpc) is 2.13. The van der Waals surface area contributed by atoms with Gasteiger partial charge in [-0.3, -0.25) is 0 Å². The van der Waals surface area contributed by atoms with Gasteiger partial charge in [0.05, 0.1) is 5.56 Å². The summed E-state index contributed by atoms with van der Waals surface area (Å²) in [5, 5.41) is 4.66. The number of hydrogen-bond acceptors (Lipinski definition) is 2. The van der Waals surface area contributed by atoms with E-state index in [0.717, 1.165) is 12.1 Å². The molecular weight excluding hydrogens is 268 g/mol. The van der Waals surface area contributed by atoms with Crippen molar-refractivity contribution in [2.24, 2.45) is 5.14 Å². The van der Waals surface area contributed by atoms with Gasteiger partial charge < -0.3 is 0 Å². The fourth-order valence-electron chi connectivity index (χ4n) is 0.996. The summed E-state index contributed by atoms with van der Waals surface area (Å²) in [6.45, 7) is -0.142. The third kappa shape index (κ3) is 6.39. The maximum Gasteiger partial charge on any atom is 0.416 e. The predicted octanol–water partition coefficient (Wildman–Crippen LogP) is 0.618. The van der Waals surface area contributed by atoms with E-state index in [4.69, 9.17) is 0 Å². The number of nitrogens with two attached hydrogens (primary N) is 1. The molecule has 0 heterocycles. The van der Waals surface area contributed by atoms with E-state index in [1.807, 2.05) is 4.72 Å². The van der Waals surface area contributed by atoms with Crippen molar-refractivity contribution in [3.05, 3.63) is 35.4 Å². The van der Waals surface area contributed by atoms with Crippen LogP contribution >= 0.6 is 0 Å². The van der Waals surface area contributed by atoms with Gasteiger partial charge in [-0.1, -0.05) is 12.1 Å². The van der Waals surface area contributed by atoms with Gasteiger partial charge in [-0.05, 0) is 17.7 Å². The Kier molecular flexibility index (Phi) is 6.12. The van der Waals surface area contributed by atoms with Crippen molar-refractivity contribution in [3.8, 4) is 0 Å². The maximum absolute atomic E-state index is 12.2. The normalized spacial score (nSPS) is 12.0. The summed E-state index contributed by atoms with van der Waals surface area (Å²) in [7, 11) is -3.83. The number of benzene rings is 1. The molecule has 0 fully saturated rings. The van der Waals surface area contributed by atoms with E-state index in [1.165, 1.54) is 12.1 Å². The van der Waals surface area contributed by atoms with Crippen LogP contribution in [0.25, 0.3) is 0 Å². The summed E-state index contributed by atoms with van der Waals surface area (Å²) in [4.78, 5) is 0. The number of hydrogen-bond donors (Lipinski definition) is 2. The average molecular weight is 277 g/mol. The quantitative estimate of drug-likeness (QED) is 0.795. The van der Waals surface area contributed by atoms with Crippen LogP contribution in [0.4, 0.5) is 13.2 Å². The molecule has 9 heteroatoms. The van der Waals surface area contributed by atoms with E-state index in [-0.39, 0.29) is 36.1 Å². The van der Waals surface area contributed by atoms with Crippen molar-refractivity contribution in [1.82, 2.24) is 4.72 Å². The molecule has 0 atom stereocenters. The number of rotatable bonds is 3. The second-order valence-corrected chi connectivity index (χ2v) is 4.44. The van der Waals surface area contributed by atoms with Crippen LogP contribution in [0, 0.1) is 0 Å². The van der Waals surface area contributed by atoms with Gasteiger partial charge >= 0.3 is 6.18 Å². The summed E-state index contributed by atoms with van der Waals surface area (Å²) in [6.07, 6.45) is -4.40. The third-order valence-electron chi connectivity index (χ3n) is 1.76. The van der Waals surface area contributed by atoms with Crippen LogP contribution in [0.15, 0.2) is 24.3 Å². The number of nitrogens with one attached hydrogen (secondary N) is 1. The van der Waals surface area contributed by atoms with Crippen molar-refractivity contribution in [3.63, 3.8) is 0 Å². The molecule has 1 radical (unpaired) electrons. The molecule has 1 aromatic carbocycles. The van der Waals surface area contributed by atoms with Crippen LogP contribution in [0.5, 0.6) is 0 Å². The van der Waals surface area contributed by atoms with E-state index in [1.54, 1.807) is 0 Å². The molecule has 0 aliphatic rings. The fraction of sp³-hybridized carbons (Fsp3) is 0.250. The minimum Gasteiger partial charge on any atom is -0.216 e.